The zero-order chi connectivity index (χ0) is 13.7. The molecule has 2 rings (SSSR count). The Balaban J connectivity index is 2.11. The fourth-order valence-corrected chi connectivity index (χ4v) is 1.69. The second kappa shape index (κ2) is 6.24. The number of likely N-dealkylation sites (N-methyl/N-ethyl adjacent to an activating group) is 2. The Morgan fingerprint density at radius 3 is 2.32 bits per heavy atom. The van der Waals surface area contributed by atoms with Crippen molar-refractivity contribution >= 4 is 5.95 Å². The lowest BCUT2D eigenvalue weighted by molar-refractivity contribution is 0.628. The van der Waals surface area contributed by atoms with E-state index in [9.17, 15) is 4.39 Å². The summed E-state index contributed by atoms with van der Waals surface area (Å²) in [5, 5.41) is 3.08. The van der Waals surface area contributed by atoms with Crippen LogP contribution in [0.3, 0.4) is 0 Å². The van der Waals surface area contributed by atoms with E-state index in [1.165, 1.54) is 12.1 Å². The van der Waals surface area contributed by atoms with Gasteiger partial charge in [0.2, 0.25) is 5.95 Å². The zero-order valence-corrected chi connectivity index (χ0v) is 11.1. The van der Waals surface area contributed by atoms with Crippen LogP contribution in [0.1, 0.15) is 0 Å². The molecule has 100 valence electrons. The first-order chi connectivity index (χ1) is 9.20. The van der Waals surface area contributed by atoms with Gasteiger partial charge in [0.1, 0.15) is 5.82 Å². The van der Waals surface area contributed by atoms with Crippen LogP contribution in [0.15, 0.2) is 36.7 Å². The number of nitrogens with zero attached hydrogens (tertiary/aromatic N) is 3. The van der Waals surface area contributed by atoms with Gasteiger partial charge >= 0.3 is 0 Å². The molecule has 1 aromatic carbocycles. The lowest BCUT2D eigenvalue weighted by atomic mass is 10.1. The molecule has 1 N–H and O–H groups in total. The molecule has 0 spiro atoms. The molecule has 0 amide bonds. The maximum atomic E-state index is 12.8. The molecule has 0 atom stereocenters. The number of halogens is 1. The van der Waals surface area contributed by atoms with Crippen LogP contribution in [0.2, 0.25) is 0 Å². The van der Waals surface area contributed by atoms with Gasteiger partial charge in [-0.15, -0.1) is 0 Å². The Morgan fingerprint density at radius 2 is 1.74 bits per heavy atom. The molecule has 0 fully saturated rings. The van der Waals surface area contributed by atoms with Crippen molar-refractivity contribution < 1.29 is 4.39 Å². The lowest BCUT2D eigenvalue weighted by Crippen LogP contribution is -2.28. The fourth-order valence-electron chi connectivity index (χ4n) is 1.69. The van der Waals surface area contributed by atoms with Crippen molar-refractivity contribution in [1.29, 1.82) is 0 Å². The van der Waals surface area contributed by atoms with Crippen molar-refractivity contribution in [2.45, 2.75) is 0 Å². The van der Waals surface area contributed by atoms with Gasteiger partial charge in [0.15, 0.2) is 0 Å². The molecule has 0 radical (unpaired) electrons. The normalized spacial score (nSPS) is 10.5. The molecule has 1 aromatic heterocycles. The largest absolute Gasteiger partial charge is 0.343 e. The van der Waals surface area contributed by atoms with E-state index in [0.29, 0.717) is 5.95 Å². The summed E-state index contributed by atoms with van der Waals surface area (Å²) in [6.07, 6.45) is 3.51. The van der Waals surface area contributed by atoms with Gasteiger partial charge in [0, 0.05) is 38.1 Å². The van der Waals surface area contributed by atoms with E-state index < -0.39 is 0 Å². The van der Waals surface area contributed by atoms with Gasteiger partial charge in [-0.3, -0.25) is 0 Å². The van der Waals surface area contributed by atoms with Crippen molar-refractivity contribution in [1.82, 2.24) is 15.3 Å². The van der Waals surface area contributed by atoms with Gasteiger partial charge in [-0.25, -0.2) is 14.4 Å². The van der Waals surface area contributed by atoms with E-state index in [1.54, 1.807) is 24.5 Å². The molecule has 0 unspecified atom stereocenters. The lowest BCUT2D eigenvalue weighted by Gasteiger charge is -2.16. The predicted octanol–water partition coefficient (Wildman–Crippen LogP) is 1.94. The summed E-state index contributed by atoms with van der Waals surface area (Å²) in [7, 11) is 3.86. The van der Waals surface area contributed by atoms with E-state index in [0.717, 1.165) is 24.2 Å². The molecular weight excluding hydrogens is 243 g/mol. The predicted molar refractivity (Wildman–Crippen MR) is 74.6 cm³/mol. The molecule has 1 heterocycles. The summed E-state index contributed by atoms with van der Waals surface area (Å²) >= 11 is 0. The van der Waals surface area contributed by atoms with E-state index in [1.807, 2.05) is 19.0 Å². The molecule has 2 aromatic rings. The average Bonchev–Trinajstić information content (AvgIpc) is 2.46. The molecular formula is C14H17FN4. The third-order valence-electron chi connectivity index (χ3n) is 2.85. The highest BCUT2D eigenvalue weighted by Crippen LogP contribution is 2.18. The number of rotatable bonds is 5. The molecule has 4 nitrogen and oxygen atoms in total. The van der Waals surface area contributed by atoms with Crippen LogP contribution in [0.4, 0.5) is 10.3 Å². The number of hydrogen-bond acceptors (Lipinski definition) is 4. The summed E-state index contributed by atoms with van der Waals surface area (Å²) in [4.78, 5) is 10.6. The maximum absolute atomic E-state index is 12.8. The van der Waals surface area contributed by atoms with E-state index in [-0.39, 0.29) is 5.82 Å². The van der Waals surface area contributed by atoms with Gasteiger partial charge in [-0.1, -0.05) is 12.1 Å². The van der Waals surface area contributed by atoms with Crippen molar-refractivity contribution in [3.8, 4) is 11.1 Å². The number of nitrogens with one attached hydrogen (secondary N) is 1. The highest BCUT2D eigenvalue weighted by molar-refractivity contribution is 5.61. The SMILES string of the molecule is CNCCN(C)c1ncc(-c2ccc(F)cc2)cn1. The second-order valence-electron chi connectivity index (χ2n) is 4.30. The topological polar surface area (TPSA) is 41.0 Å². The molecule has 5 heteroatoms. The standard InChI is InChI=1S/C14H17FN4/c1-16-7-8-19(2)14-17-9-12(10-18-14)11-3-5-13(15)6-4-11/h3-6,9-10,16H,7-8H2,1-2H3. The zero-order valence-electron chi connectivity index (χ0n) is 11.1. The summed E-state index contributed by atoms with van der Waals surface area (Å²) in [5.74, 6) is 0.439. The van der Waals surface area contributed by atoms with Crippen molar-refractivity contribution in [3.05, 3.63) is 42.5 Å². The first-order valence-electron chi connectivity index (χ1n) is 6.14. The van der Waals surface area contributed by atoms with Crippen molar-refractivity contribution in [2.24, 2.45) is 0 Å². The van der Waals surface area contributed by atoms with E-state index in [4.69, 9.17) is 0 Å². The Hall–Kier alpha value is -2.01. The summed E-state index contributed by atoms with van der Waals surface area (Å²) < 4.78 is 12.8. The Morgan fingerprint density at radius 1 is 1.11 bits per heavy atom. The first-order valence-corrected chi connectivity index (χ1v) is 6.14. The molecule has 0 saturated carbocycles. The fraction of sp³-hybridized carbons (Fsp3) is 0.286. The van der Waals surface area contributed by atoms with Gasteiger partial charge in [-0.2, -0.15) is 0 Å². The smallest absolute Gasteiger partial charge is 0.225 e. The third-order valence-corrected chi connectivity index (χ3v) is 2.85. The van der Waals surface area contributed by atoms with Crippen LogP contribution in [0.25, 0.3) is 11.1 Å². The van der Waals surface area contributed by atoms with Crippen LogP contribution < -0.4 is 10.2 Å². The third kappa shape index (κ3) is 3.48. The molecule has 0 aliphatic rings. The molecule has 0 aliphatic carbocycles. The monoisotopic (exact) mass is 260 g/mol. The number of aromatic nitrogens is 2. The summed E-state index contributed by atoms with van der Waals surface area (Å²) in [5.41, 5.74) is 1.79. The Labute approximate surface area is 112 Å². The Bertz CT molecular complexity index is 510. The van der Waals surface area contributed by atoms with Crippen LogP contribution in [-0.2, 0) is 0 Å². The second-order valence-corrected chi connectivity index (χ2v) is 4.30. The van der Waals surface area contributed by atoms with Crippen molar-refractivity contribution in [2.75, 3.05) is 32.1 Å². The van der Waals surface area contributed by atoms with E-state index >= 15 is 0 Å². The van der Waals surface area contributed by atoms with Crippen LogP contribution in [0, 0.1) is 5.82 Å². The van der Waals surface area contributed by atoms with Gasteiger partial charge in [0.05, 0.1) is 0 Å². The van der Waals surface area contributed by atoms with Crippen LogP contribution in [0.5, 0.6) is 0 Å². The maximum Gasteiger partial charge on any atom is 0.225 e. The van der Waals surface area contributed by atoms with E-state index in [2.05, 4.69) is 15.3 Å². The molecule has 0 aliphatic heterocycles. The number of benzene rings is 1. The van der Waals surface area contributed by atoms with Crippen LogP contribution >= 0.6 is 0 Å². The minimum atomic E-state index is -0.243. The minimum absolute atomic E-state index is 0.243. The number of anilines is 1. The minimum Gasteiger partial charge on any atom is -0.343 e. The number of hydrogen-bond donors (Lipinski definition) is 1. The first kappa shape index (κ1) is 13.4. The van der Waals surface area contributed by atoms with Crippen molar-refractivity contribution in [3.63, 3.8) is 0 Å². The van der Waals surface area contributed by atoms with Gasteiger partial charge in [-0.05, 0) is 24.7 Å². The quantitative estimate of drug-likeness (QED) is 0.892. The van der Waals surface area contributed by atoms with Gasteiger partial charge in [0.25, 0.3) is 0 Å². The average molecular weight is 260 g/mol. The highest BCUT2D eigenvalue weighted by Gasteiger charge is 2.04. The highest BCUT2D eigenvalue weighted by atomic mass is 19.1. The summed E-state index contributed by atoms with van der Waals surface area (Å²) in [6.45, 7) is 1.71. The van der Waals surface area contributed by atoms with Gasteiger partial charge < -0.3 is 10.2 Å². The Kier molecular flexibility index (Phi) is 4.41. The molecule has 0 bridgehead atoms. The van der Waals surface area contributed by atoms with Crippen LogP contribution in [-0.4, -0.2) is 37.2 Å². The summed E-state index contributed by atoms with van der Waals surface area (Å²) in [6, 6.07) is 6.31. The molecule has 0 saturated heterocycles. The molecule has 19 heavy (non-hydrogen) atoms.